The van der Waals surface area contributed by atoms with E-state index < -0.39 is 23.6 Å². The molecule has 1 aromatic heterocycles. The molecule has 2 N–H and O–H groups in total. The van der Waals surface area contributed by atoms with Crippen LogP contribution in [0, 0.1) is 6.92 Å². The number of nitrogens with zero attached hydrogens (tertiary/aromatic N) is 1. The summed E-state index contributed by atoms with van der Waals surface area (Å²) < 4.78 is 6.90. The van der Waals surface area contributed by atoms with Gasteiger partial charge in [0.25, 0.3) is 5.56 Å². The summed E-state index contributed by atoms with van der Waals surface area (Å²) in [4.78, 5) is 25.1. The van der Waals surface area contributed by atoms with Gasteiger partial charge >= 0.3 is 5.69 Å². The Labute approximate surface area is 97.9 Å². The second-order valence-corrected chi connectivity index (χ2v) is 4.32. The Kier molecular flexibility index (Phi) is 3.17. The van der Waals surface area contributed by atoms with Gasteiger partial charge in [0.15, 0.2) is 0 Å². The molecule has 94 valence electrons. The average molecular weight is 240 g/mol. The molecule has 1 fully saturated rings. The second-order valence-electron chi connectivity index (χ2n) is 4.32. The summed E-state index contributed by atoms with van der Waals surface area (Å²) in [7, 11) is 0. The molecule has 2 heterocycles. The van der Waals surface area contributed by atoms with Gasteiger partial charge in [0, 0.05) is 18.2 Å². The summed E-state index contributed by atoms with van der Waals surface area (Å²) in [5.74, 6) is 0. The van der Waals surface area contributed by atoms with Gasteiger partial charge in [0.2, 0.25) is 0 Å². The Bertz CT molecular complexity index is 519. The molecule has 6 nitrogen and oxygen atoms in total. The van der Waals surface area contributed by atoms with Crippen LogP contribution in [0.5, 0.6) is 0 Å². The van der Waals surface area contributed by atoms with Gasteiger partial charge in [-0.1, -0.05) is 6.92 Å². The maximum absolute atomic E-state index is 11.6. The summed E-state index contributed by atoms with van der Waals surface area (Å²) in [6.07, 6.45) is 1.20. The van der Waals surface area contributed by atoms with Crippen molar-refractivity contribution >= 4 is 0 Å². The third kappa shape index (κ3) is 2.18. The van der Waals surface area contributed by atoms with Crippen LogP contribution < -0.4 is 11.2 Å². The Balaban J connectivity index is 2.34. The van der Waals surface area contributed by atoms with Gasteiger partial charge in [-0.05, 0) is 13.3 Å². The smallest absolute Gasteiger partial charge is 0.330 e. The van der Waals surface area contributed by atoms with E-state index in [0.29, 0.717) is 18.4 Å². The molecule has 2 unspecified atom stereocenters. The van der Waals surface area contributed by atoms with Crippen LogP contribution in [0.25, 0.3) is 0 Å². The van der Waals surface area contributed by atoms with Gasteiger partial charge in [-0.3, -0.25) is 14.3 Å². The molecule has 3 atom stereocenters. The lowest BCUT2D eigenvalue weighted by Crippen LogP contribution is -2.33. The van der Waals surface area contributed by atoms with Crippen LogP contribution in [0.1, 0.15) is 31.6 Å². The molecule has 1 aliphatic heterocycles. The predicted molar refractivity (Wildman–Crippen MR) is 60.9 cm³/mol. The molecular formula is C11H16N2O4. The highest BCUT2D eigenvalue weighted by molar-refractivity contribution is 5.01. The minimum atomic E-state index is -0.566. The number of hydrogen-bond donors (Lipinski definition) is 2. The first-order valence-electron chi connectivity index (χ1n) is 5.68. The summed E-state index contributed by atoms with van der Waals surface area (Å²) in [6.45, 7) is 3.54. The van der Waals surface area contributed by atoms with E-state index in [9.17, 15) is 14.7 Å². The average Bonchev–Trinajstić information content (AvgIpc) is 2.65. The number of H-pyrrole nitrogens is 1. The van der Waals surface area contributed by atoms with Gasteiger partial charge in [-0.25, -0.2) is 4.79 Å². The summed E-state index contributed by atoms with van der Waals surface area (Å²) >= 11 is 0. The molecule has 0 radical (unpaired) electrons. The monoisotopic (exact) mass is 240 g/mol. The lowest BCUT2D eigenvalue weighted by atomic mass is 10.1. The maximum atomic E-state index is 11.6. The van der Waals surface area contributed by atoms with Crippen LogP contribution in [0.15, 0.2) is 15.8 Å². The van der Waals surface area contributed by atoms with E-state index in [-0.39, 0.29) is 6.10 Å². The molecule has 2 rings (SSSR count). The normalized spacial score (nSPS) is 28.5. The zero-order chi connectivity index (χ0) is 12.6. The highest BCUT2D eigenvalue weighted by atomic mass is 16.5. The number of aromatic amines is 1. The van der Waals surface area contributed by atoms with E-state index in [4.69, 9.17) is 4.74 Å². The molecule has 0 amide bonds. The number of aromatic nitrogens is 2. The second kappa shape index (κ2) is 4.46. The third-order valence-corrected chi connectivity index (χ3v) is 3.06. The SMILES string of the molecule is CCC1OC(n2cc(C)c(=O)[nH]c2=O)C[C@H]1O. The van der Waals surface area contributed by atoms with Crippen LogP contribution in [0.4, 0.5) is 0 Å². The number of aliphatic hydroxyl groups is 1. The lowest BCUT2D eigenvalue weighted by Gasteiger charge is -2.14. The van der Waals surface area contributed by atoms with Crippen molar-refractivity contribution in [1.29, 1.82) is 0 Å². The molecule has 1 aliphatic rings. The van der Waals surface area contributed by atoms with Crippen molar-refractivity contribution in [2.45, 2.75) is 45.1 Å². The number of nitrogens with one attached hydrogen (secondary N) is 1. The topological polar surface area (TPSA) is 84.3 Å². The van der Waals surface area contributed by atoms with Crippen molar-refractivity contribution in [1.82, 2.24) is 9.55 Å². The number of rotatable bonds is 2. The summed E-state index contributed by atoms with van der Waals surface area (Å²) in [6, 6.07) is 0. The van der Waals surface area contributed by atoms with Gasteiger partial charge in [0.1, 0.15) is 6.23 Å². The van der Waals surface area contributed by atoms with Gasteiger partial charge in [-0.15, -0.1) is 0 Å². The Hall–Kier alpha value is -1.40. The van der Waals surface area contributed by atoms with Crippen LogP contribution in [0.2, 0.25) is 0 Å². The van der Waals surface area contributed by atoms with Crippen molar-refractivity contribution < 1.29 is 9.84 Å². The molecule has 6 heteroatoms. The standard InChI is InChI=1S/C11H16N2O4/c1-3-8-7(14)4-9(17-8)13-5-6(2)10(15)12-11(13)16/h5,7-9,14H,3-4H2,1-2H3,(H,12,15,16)/t7-,8?,9?/m1/s1. The molecule has 0 saturated carbocycles. The quantitative estimate of drug-likeness (QED) is 0.756. The first-order chi connectivity index (χ1) is 8.02. The first kappa shape index (κ1) is 12.1. The maximum Gasteiger partial charge on any atom is 0.330 e. The summed E-state index contributed by atoms with van der Waals surface area (Å²) in [5.41, 5.74) is -0.450. The van der Waals surface area contributed by atoms with E-state index in [0.717, 1.165) is 0 Å². The zero-order valence-electron chi connectivity index (χ0n) is 9.84. The Morgan fingerprint density at radius 1 is 1.59 bits per heavy atom. The highest BCUT2D eigenvalue weighted by Crippen LogP contribution is 2.28. The molecule has 0 aromatic carbocycles. The first-order valence-corrected chi connectivity index (χ1v) is 5.68. The molecule has 1 saturated heterocycles. The van der Waals surface area contributed by atoms with Crippen molar-refractivity contribution in [2.24, 2.45) is 0 Å². The minimum absolute atomic E-state index is 0.251. The van der Waals surface area contributed by atoms with Crippen LogP contribution >= 0.6 is 0 Å². The number of aliphatic hydroxyl groups excluding tert-OH is 1. The van der Waals surface area contributed by atoms with Crippen molar-refractivity contribution in [3.63, 3.8) is 0 Å². The minimum Gasteiger partial charge on any atom is -0.390 e. The van der Waals surface area contributed by atoms with E-state index in [1.54, 1.807) is 6.92 Å². The molecule has 1 aromatic rings. The highest BCUT2D eigenvalue weighted by Gasteiger charge is 2.34. The molecule has 0 bridgehead atoms. The largest absolute Gasteiger partial charge is 0.390 e. The number of ether oxygens (including phenoxy) is 1. The van der Waals surface area contributed by atoms with E-state index in [2.05, 4.69) is 4.98 Å². The van der Waals surface area contributed by atoms with Crippen LogP contribution in [-0.4, -0.2) is 26.9 Å². The van der Waals surface area contributed by atoms with Crippen LogP contribution in [-0.2, 0) is 4.74 Å². The predicted octanol–water partition coefficient (Wildman–Crippen LogP) is -0.0966. The molecule has 17 heavy (non-hydrogen) atoms. The lowest BCUT2D eigenvalue weighted by molar-refractivity contribution is -0.0218. The fourth-order valence-corrected chi connectivity index (χ4v) is 2.05. The third-order valence-electron chi connectivity index (χ3n) is 3.06. The fraction of sp³-hybridized carbons (Fsp3) is 0.636. The fourth-order valence-electron chi connectivity index (χ4n) is 2.05. The molecular weight excluding hydrogens is 224 g/mol. The molecule has 0 spiro atoms. The van der Waals surface area contributed by atoms with Crippen molar-refractivity contribution in [3.8, 4) is 0 Å². The number of hydrogen-bond acceptors (Lipinski definition) is 4. The summed E-state index contributed by atoms with van der Waals surface area (Å²) in [5, 5.41) is 9.72. The van der Waals surface area contributed by atoms with E-state index in [1.807, 2.05) is 6.92 Å². The van der Waals surface area contributed by atoms with Crippen molar-refractivity contribution in [3.05, 3.63) is 32.6 Å². The van der Waals surface area contributed by atoms with Crippen LogP contribution in [0.3, 0.4) is 0 Å². The van der Waals surface area contributed by atoms with Gasteiger partial charge in [-0.2, -0.15) is 0 Å². The molecule has 0 aliphatic carbocycles. The van der Waals surface area contributed by atoms with Crippen molar-refractivity contribution in [2.75, 3.05) is 0 Å². The van der Waals surface area contributed by atoms with E-state index in [1.165, 1.54) is 10.8 Å². The van der Waals surface area contributed by atoms with Gasteiger partial charge < -0.3 is 9.84 Å². The Morgan fingerprint density at radius 3 is 2.88 bits per heavy atom. The van der Waals surface area contributed by atoms with Gasteiger partial charge in [0.05, 0.1) is 12.2 Å². The van der Waals surface area contributed by atoms with E-state index >= 15 is 0 Å². The Morgan fingerprint density at radius 2 is 2.29 bits per heavy atom. The number of aryl methyl sites for hydroxylation is 1. The zero-order valence-corrected chi connectivity index (χ0v) is 9.84.